The predicted octanol–water partition coefficient (Wildman–Crippen LogP) is 4.07. The van der Waals surface area contributed by atoms with Crippen LogP contribution in [0.1, 0.15) is 15.9 Å². The summed E-state index contributed by atoms with van der Waals surface area (Å²) >= 11 is 0. The average Bonchev–Trinajstić information content (AvgIpc) is 2.74. The Morgan fingerprint density at radius 2 is 1.68 bits per heavy atom. The highest BCUT2D eigenvalue weighted by Crippen LogP contribution is 2.23. The van der Waals surface area contributed by atoms with E-state index in [1.54, 1.807) is 49.6 Å². The molecule has 0 saturated heterocycles. The second kappa shape index (κ2) is 10.1. The lowest BCUT2D eigenvalue weighted by molar-refractivity contribution is 0.102. The van der Waals surface area contributed by atoms with Gasteiger partial charge in [0.25, 0.3) is 15.9 Å². The van der Waals surface area contributed by atoms with Crippen LogP contribution in [0, 0.1) is 6.92 Å². The first kappa shape index (κ1) is 22.3. The number of anilines is 2. The molecule has 8 heteroatoms. The molecular weight excluding hydrogens is 416 g/mol. The Kier molecular flexibility index (Phi) is 7.28. The molecule has 0 aromatic heterocycles. The molecule has 0 radical (unpaired) electrons. The van der Waals surface area contributed by atoms with E-state index in [0.717, 1.165) is 5.56 Å². The highest BCUT2D eigenvalue weighted by molar-refractivity contribution is 7.92. The van der Waals surface area contributed by atoms with Gasteiger partial charge in [-0.05, 0) is 61.0 Å². The van der Waals surface area contributed by atoms with Crippen molar-refractivity contribution in [1.82, 2.24) is 0 Å². The second-order valence-corrected chi connectivity index (χ2v) is 8.47. The van der Waals surface area contributed by atoms with Crippen molar-refractivity contribution < 1.29 is 22.7 Å². The maximum absolute atomic E-state index is 12.8. The second-order valence-electron chi connectivity index (χ2n) is 6.79. The number of hydrogen-bond acceptors (Lipinski definition) is 5. The maximum Gasteiger partial charge on any atom is 0.261 e. The molecule has 3 aromatic rings. The standard InChI is InChI=1S/C23H24N2O5S/c1-17-6-5-7-18(16-17)24-23(26)21-8-3-4-9-22(21)25-31(27,28)20-12-10-19(11-13-20)30-15-14-29-2/h3-13,16,25H,14-15H2,1-2H3,(H,24,26). The molecule has 0 heterocycles. The van der Waals surface area contributed by atoms with E-state index in [0.29, 0.717) is 24.7 Å². The fraction of sp³-hybridized carbons (Fsp3) is 0.174. The van der Waals surface area contributed by atoms with E-state index in [9.17, 15) is 13.2 Å². The molecule has 0 aliphatic rings. The molecule has 0 aliphatic carbocycles. The monoisotopic (exact) mass is 440 g/mol. The van der Waals surface area contributed by atoms with Gasteiger partial charge in [0.2, 0.25) is 0 Å². The normalized spacial score (nSPS) is 11.0. The molecule has 7 nitrogen and oxygen atoms in total. The summed E-state index contributed by atoms with van der Waals surface area (Å²) in [7, 11) is -2.33. The molecule has 0 bridgehead atoms. The van der Waals surface area contributed by atoms with E-state index in [2.05, 4.69) is 10.0 Å². The van der Waals surface area contributed by atoms with Crippen molar-refractivity contribution in [3.63, 3.8) is 0 Å². The van der Waals surface area contributed by atoms with Gasteiger partial charge in [0.05, 0.1) is 22.8 Å². The fourth-order valence-corrected chi connectivity index (χ4v) is 3.93. The first-order valence-corrected chi connectivity index (χ1v) is 11.1. The number of para-hydroxylation sites is 1. The zero-order chi connectivity index (χ0) is 22.3. The summed E-state index contributed by atoms with van der Waals surface area (Å²) in [5, 5.41) is 2.80. The van der Waals surface area contributed by atoms with Gasteiger partial charge < -0.3 is 14.8 Å². The molecule has 0 spiro atoms. The molecule has 1 amide bonds. The molecule has 2 N–H and O–H groups in total. The zero-order valence-electron chi connectivity index (χ0n) is 17.3. The Morgan fingerprint density at radius 3 is 2.39 bits per heavy atom. The number of amides is 1. The largest absolute Gasteiger partial charge is 0.491 e. The van der Waals surface area contributed by atoms with Gasteiger partial charge in [0.15, 0.2) is 0 Å². The van der Waals surface area contributed by atoms with Gasteiger partial charge in [-0.15, -0.1) is 0 Å². The van der Waals surface area contributed by atoms with Crippen LogP contribution in [0.3, 0.4) is 0 Å². The molecule has 3 aromatic carbocycles. The summed E-state index contributed by atoms with van der Waals surface area (Å²) < 4.78 is 38.6. The maximum atomic E-state index is 12.8. The first-order valence-electron chi connectivity index (χ1n) is 9.61. The molecule has 0 saturated carbocycles. The van der Waals surface area contributed by atoms with Gasteiger partial charge in [-0.25, -0.2) is 8.42 Å². The first-order chi connectivity index (χ1) is 14.9. The number of ether oxygens (including phenoxy) is 2. The number of aryl methyl sites for hydroxylation is 1. The van der Waals surface area contributed by atoms with E-state index in [4.69, 9.17) is 9.47 Å². The average molecular weight is 441 g/mol. The lowest BCUT2D eigenvalue weighted by Crippen LogP contribution is -2.18. The van der Waals surface area contributed by atoms with E-state index in [-0.39, 0.29) is 16.1 Å². The minimum Gasteiger partial charge on any atom is -0.491 e. The van der Waals surface area contributed by atoms with Crippen LogP contribution in [-0.2, 0) is 14.8 Å². The van der Waals surface area contributed by atoms with E-state index >= 15 is 0 Å². The summed E-state index contributed by atoms with van der Waals surface area (Å²) in [4.78, 5) is 12.8. The lowest BCUT2D eigenvalue weighted by atomic mass is 10.1. The number of carbonyl (C=O) groups excluding carboxylic acids is 1. The Balaban J connectivity index is 1.77. The Labute approximate surface area is 182 Å². The minimum absolute atomic E-state index is 0.0560. The third-order valence-electron chi connectivity index (χ3n) is 4.38. The zero-order valence-corrected chi connectivity index (χ0v) is 18.1. The fourth-order valence-electron chi connectivity index (χ4n) is 2.85. The van der Waals surface area contributed by atoms with Crippen molar-refractivity contribution in [2.75, 3.05) is 30.4 Å². The number of benzene rings is 3. The van der Waals surface area contributed by atoms with Gasteiger partial charge in [0, 0.05) is 12.8 Å². The van der Waals surface area contributed by atoms with Crippen molar-refractivity contribution in [1.29, 1.82) is 0 Å². The Hall–Kier alpha value is -3.36. The van der Waals surface area contributed by atoms with Gasteiger partial charge in [-0.3, -0.25) is 9.52 Å². The van der Waals surface area contributed by atoms with Crippen molar-refractivity contribution in [3.8, 4) is 5.75 Å². The molecule has 3 rings (SSSR count). The molecule has 0 atom stereocenters. The number of nitrogens with one attached hydrogen (secondary N) is 2. The summed E-state index contributed by atoms with van der Waals surface area (Å²) in [5.74, 6) is 0.125. The predicted molar refractivity (Wildman–Crippen MR) is 120 cm³/mol. The van der Waals surface area contributed by atoms with Crippen LogP contribution in [0.2, 0.25) is 0 Å². The summed E-state index contributed by atoms with van der Waals surface area (Å²) in [6.07, 6.45) is 0. The minimum atomic E-state index is -3.90. The molecule has 0 aliphatic heterocycles. The van der Waals surface area contributed by atoms with E-state index in [1.807, 2.05) is 25.1 Å². The number of hydrogen-bond donors (Lipinski definition) is 2. The van der Waals surface area contributed by atoms with Crippen molar-refractivity contribution in [2.45, 2.75) is 11.8 Å². The van der Waals surface area contributed by atoms with Crippen LogP contribution in [0.4, 0.5) is 11.4 Å². The van der Waals surface area contributed by atoms with Crippen molar-refractivity contribution in [2.24, 2.45) is 0 Å². The van der Waals surface area contributed by atoms with Crippen LogP contribution >= 0.6 is 0 Å². The van der Waals surface area contributed by atoms with Gasteiger partial charge in [0.1, 0.15) is 12.4 Å². The van der Waals surface area contributed by atoms with Crippen molar-refractivity contribution >= 4 is 27.3 Å². The van der Waals surface area contributed by atoms with E-state index < -0.39 is 15.9 Å². The number of methoxy groups -OCH3 is 1. The third-order valence-corrected chi connectivity index (χ3v) is 5.76. The summed E-state index contributed by atoms with van der Waals surface area (Å²) in [5.41, 5.74) is 2.04. The molecule has 162 valence electrons. The highest BCUT2D eigenvalue weighted by Gasteiger charge is 2.19. The van der Waals surface area contributed by atoms with Crippen LogP contribution in [0.15, 0.2) is 77.7 Å². The number of carbonyl (C=O) groups is 1. The van der Waals surface area contributed by atoms with Gasteiger partial charge >= 0.3 is 0 Å². The number of sulfonamides is 1. The van der Waals surface area contributed by atoms with Gasteiger partial charge in [-0.2, -0.15) is 0 Å². The molecular formula is C23H24N2O5S. The van der Waals surface area contributed by atoms with E-state index in [1.165, 1.54) is 12.1 Å². The van der Waals surface area contributed by atoms with Crippen molar-refractivity contribution in [3.05, 3.63) is 83.9 Å². The molecule has 0 fully saturated rings. The Morgan fingerprint density at radius 1 is 0.935 bits per heavy atom. The summed E-state index contributed by atoms with van der Waals surface area (Å²) in [6, 6.07) is 19.8. The van der Waals surface area contributed by atoms with Gasteiger partial charge in [-0.1, -0.05) is 24.3 Å². The molecule has 0 unspecified atom stereocenters. The lowest BCUT2D eigenvalue weighted by Gasteiger charge is -2.13. The van der Waals surface area contributed by atoms with Crippen LogP contribution in [-0.4, -0.2) is 34.6 Å². The van der Waals surface area contributed by atoms with Crippen LogP contribution in [0.25, 0.3) is 0 Å². The van der Waals surface area contributed by atoms with Crippen LogP contribution in [0.5, 0.6) is 5.75 Å². The van der Waals surface area contributed by atoms with Crippen LogP contribution < -0.4 is 14.8 Å². The molecule has 31 heavy (non-hydrogen) atoms. The highest BCUT2D eigenvalue weighted by atomic mass is 32.2. The smallest absolute Gasteiger partial charge is 0.261 e. The Bertz CT molecular complexity index is 1140. The quantitative estimate of drug-likeness (QED) is 0.489. The SMILES string of the molecule is COCCOc1ccc(S(=O)(=O)Nc2ccccc2C(=O)Nc2cccc(C)c2)cc1. The number of rotatable bonds is 9. The third kappa shape index (κ3) is 6.07. The summed E-state index contributed by atoms with van der Waals surface area (Å²) in [6.45, 7) is 2.72. The topological polar surface area (TPSA) is 93.7 Å².